The van der Waals surface area contributed by atoms with Crippen molar-refractivity contribution in [3.63, 3.8) is 0 Å². The van der Waals surface area contributed by atoms with Crippen molar-refractivity contribution in [1.29, 1.82) is 0 Å². The number of nitrogens with one attached hydrogen (secondary N) is 2. The zero-order chi connectivity index (χ0) is 20.7. The third kappa shape index (κ3) is 5.63. The summed E-state index contributed by atoms with van der Waals surface area (Å²) in [6, 6.07) is 17.2. The van der Waals surface area contributed by atoms with E-state index in [1.54, 1.807) is 54.6 Å². The van der Waals surface area contributed by atoms with E-state index in [9.17, 15) is 18.0 Å². The van der Waals surface area contributed by atoms with Crippen LogP contribution >= 0.6 is 0 Å². The van der Waals surface area contributed by atoms with Crippen LogP contribution in [-0.2, 0) is 19.6 Å². The number of carbonyl (C=O) groups is 2. The smallest absolute Gasteiger partial charge is 0.313 e. The maximum atomic E-state index is 12.6. The number of hydrogen-bond acceptors (Lipinski definition) is 5. The molecule has 1 aliphatic heterocycles. The summed E-state index contributed by atoms with van der Waals surface area (Å²) in [4.78, 5) is 26.1. The summed E-state index contributed by atoms with van der Waals surface area (Å²) in [6.07, 6.45) is 0. The second kappa shape index (κ2) is 9.64. The van der Waals surface area contributed by atoms with Gasteiger partial charge in [-0.3, -0.25) is 14.5 Å². The number of sulfonamides is 1. The number of anilines is 1. The quantitative estimate of drug-likeness (QED) is 0.677. The molecule has 0 atom stereocenters. The standard InChI is InChI=1S/C20H24N4O4S/c25-19(20(26)22-17-7-3-1-4-8-17)21-11-12-23-13-15-24(16-14-23)29(27,28)18-9-5-2-6-10-18/h1-10H,11-16H2,(H,21,25)(H,22,26). The summed E-state index contributed by atoms with van der Waals surface area (Å²) in [5.74, 6) is -1.41. The van der Waals surface area contributed by atoms with Crippen LogP contribution in [0.4, 0.5) is 5.69 Å². The normalized spacial score (nSPS) is 15.6. The van der Waals surface area contributed by atoms with Crippen molar-refractivity contribution in [2.75, 3.05) is 44.6 Å². The maximum Gasteiger partial charge on any atom is 0.313 e. The number of amides is 2. The highest BCUT2D eigenvalue weighted by atomic mass is 32.2. The average Bonchev–Trinajstić information content (AvgIpc) is 2.75. The Bertz CT molecular complexity index is 927. The van der Waals surface area contributed by atoms with Gasteiger partial charge < -0.3 is 10.6 Å². The molecule has 0 radical (unpaired) electrons. The SMILES string of the molecule is O=C(NCCN1CCN(S(=O)(=O)c2ccccc2)CC1)C(=O)Nc1ccccc1. The molecule has 0 bridgehead atoms. The first kappa shape index (κ1) is 21.0. The molecular weight excluding hydrogens is 392 g/mol. The monoisotopic (exact) mass is 416 g/mol. The van der Waals surface area contributed by atoms with Crippen molar-refractivity contribution in [2.24, 2.45) is 0 Å². The zero-order valence-corrected chi connectivity index (χ0v) is 16.8. The highest BCUT2D eigenvalue weighted by Gasteiger charge is 2.28. The summed E-state index contributed by atoms with van der Waals surface area (Å²) in [5, 5.41) is 5.12. The van der Waals surface area contributed by atoms with E-state index >= 15 is 0 Å². The molecule has 29 heavy (non-hydrogen) atoms. The number of rotatable bonds is 6. The molecule has 2 N–H and O–H groups in total. The minimum Gasteiger partial charge on any atom is -0.347 e. The van der Waals surface area contributed by atoms with Crippen LogP contribution < -0.4 is 10.6 Å². The van der Waals surface area contributed by atoms with E-state index in [1.165, 1.54) is 4.31 Å². The van der Waals surface area contributed by atoms with Gasteiger partial charge in [0, 0.05) is 45.0 Å². The molecule has 1 saturated heterocycles. The summed E-state index contributed by atoms with van der Waals surface area (Å²) in [5.41, 5.74) is 0.559. The van der Waals surface area contributed by atoms with Crippen LogP contribution in [0.1, 0.15) is 0 Å². The van der Waals surface area contributed by atoms with Gasteiger partial charge in [0.2, 0.25) is 10.0 Å². The van der Waals surface area contributed by atoms with Gasteiger partial charge in [-0.2, -0.15) is 4.31 Å². The van der Waals surface area contributed by atoms with Gasteiger partial charge in [0.05, 0.1) is 4.90 Å². The molecule has 2 aromatic rings. The number of hydrogen-bond donors (Lipinski definition) is 2. The second-order valence-corrected chi connectivity index (χ2v) is 8.57. The molecule has 2 aromatic carbocycles. The van der Waals surface area contributed by atoms with E-state index in [4.69, 9.17) is 0 Å². The zero-order valence-electron chi connectivity index (χ0n) is 16.0. The predicted octanol–water partition coefficient (Wildman–Crippen LogP) is 0.748. The Hall–Kier alpha value is -2.75. The van der Waals surface area contributed by atoms with Crippen molar-refractivity contribution in [3.05, 3.63) is 60.7 Å². The molecule has 3 rings (SSSR count). The molecule has 154 valence electrons. The minimum absolute atomic E-state index is 0.296. The third-order valence-corrected chi connectivity index (χ3v) is 6.58. The topological polar surface area (TPSA) is 98.8 Å². The first-order valence-corrected chi connectivity index (χ1v) is 10.8. The van der Waals surface area contributed by atoms with Crippen molar-refractivity contribution in [1.82, 2.24) is 14.5 Å². The van der Waals surface area contributed by atoms with Crippen LogP contribution in [0, 0.1) is 0 Å². The van der Waals surface area contributed by atoms with E-state index < -0.39 is 21.8 Å². The fraction of sp³-hybridized carbons (Fsp3) is 0.300. The molecule has 1 fully saturated rings. The first-order chi connectivity index (χ1) is 14.0. The molecule has 2 amide bonds. The van der Waals surface area contributed by atoms with Gasteiger partial charge in [-0.1, -0.05) is 36.4 Å². The van der Waals surface area contributed by atoms with Crippen molar-refractivity contribution >= 4 is 27.5 Å². The summed E-state index contributed by atoms with van der Waals surface area (Å²) >= 11 is 0. The minimum atomic E-state index is -3.48. The van der Waals surface area contributed by atoms with Crippen LogP contribution in [0.5, 0.6) is 0 Å². The fourth-order valence-electron chi connectivity index (χ4n) is 3.05. The Balaban J connectivity index is 1.40. The second-order valence-electron chi connectivity index (χ2n) is 6.63. The van der Waals surface area contributed by atoms with E-state index in [1.807, 2.05) is 6.07 Å². The van der Waals surface area contributed by atoms with Gasteiger partial charge in [0.1, 0.15) is 0 Å². The van der Waals surface area contributed by atoms with Gasteiger partial charge in [-0.05, 0) is 24.3 Å². The molecule has 0 saturated carbocycles. The van der Waals surface area contributed by atoms with Crippen LogP contribution in [0.3, 0.4) is 0 Å². The lowest BCUT2D eigenvalue weighted by Crippen LogP contribution is -2.50. The summed E-state index contributed by atoms with van der Waals surface area (Å²) in [7, 11) is -3.48. The highest BCUT2D eigenvalue weighted by Crippen LogP contribution is 2.16. The molecule has 1 heterocycles. The van der Waals surface area contributed by atoms with Crippen LogP contribution in [-0.4, -0.2) is 68.7 Å². The molecule has 0 aromatic heterocycles. The molecular formula is C20H24N4O4S. The van der Waals surface area contributed by atoms with Crippen molar-refractivity contribution in [3.8, 4) is 0 Å². The third-order valence-electron chi connectivity index (χ3n) is 4.66. The largest absolute Gasteiger partial charge is 0.347 e. The number of benzene rings is 2. The number of carbonyl (C=O) groups excluding carboxylic acids is 2. The lowest BCUT2D eigenvalue weighted by atomic mass is 10.3. The fourth-order valence-corrected chi connectivity index (χ4v) is 4.50. The molecule has 1 aliphatic rings. The van der Waals surface area contributed by atoms with Crippen LogP contribution in [0.25, 0.3) is 0 Å². The summed E-state index contributed by atoms with van der Waals surface area (Å²) < 4.78 is 26.7. The lowest BCUT2D eigenvalue weighted by Gasteiger charge is -2.33. The number of piperazine rings is 1. The van der Waals surface area contributed by atoms with Crippen molar-refractivity contribution in [2.45, 2.75) is 4.90 Å². The van der Waals surface area contributed by atoms with Crippen molar-refractivity contribution < 1.29 is 18.0 Å². The molecule has 8 nitrogen and oxygen atoms in total. The number of para-hydroxylation sites is 1. The van der Waals surface area contributed by atoms with E-state index in [-0.39, 0.29) is 0 Å². The Morgan fingerprint density at radius 1 is 0.828 bits per heavy atom. The molecule has 0 aliphatic carbocycles. The maximum absolute atomic E-state index is 12.6. The lowest BCUT2D eigenvalue weighted by molar-refractivity contribution is -0.136. The van der Waals surface area contributed by atoms with Gasteiger partial charge in [-0.25, -0.2) is 8.42 Å². The summed E-state index contributed by atoms with van der Waals surface area (Å²) in [6.45, 7) is 2.77. The van der Waals surface area contributed by atoms with E-state index in [0.29, 0.717) is 49.9 Å². The highest BCUT2D eigenvalue weighted by molar-refractivity contribution is 7.89. The van der Waals surface area contributed by atoms with Gasteiger partial charge in [0.15, 0.2) is 0 Å². The average molecular weight is 417 g/mol. The Labute approximate surface area is 170 Å². The Kier molecular flexibility index (Phi) is 6.97. The van der Waals surface area contributed by atoms with Gasteiger partial charge in [-0.15, -0.1) is 0 Å². The molecule has 0 spiro atoms. The Morgan fingerprint density at radius 3 is 2.03 bits per heavy atom. The molecule has 0 unspecified atom stereocenters. The molecule has 9 heteroatoms. The predicted molar refractivity (Wildman–Crippen MR) is 110 cm³/mol. The van der Waals surface area contributed by atoms with Crippen LogP contribution in [0.2, 0.25) is 0 Å². The number of nitrogens with zero attached hydrogens (tertiary/aromatic N) is 2. The van der Waals surface area contributed by atoms with Gasteiger partial charge in [0.25, 0.3) is 0 Å². The van der Waals surface area contributed by atoms with E-state index in [0.717, 1.165) is 0 Å². The van der Waals surface area contributed by atoms with E-state index in [2.05, 4.69) is 15.5 Å². The van der Waals surface area contributed by atoms with Crippen LogP contribution in [0.15, 0.2) is 65.6 Å². The first-order valence-electron chi connectivity index (χ1n) is 9.38. The van der Waals surface area contributed by atoms with Gasteiger partial charge >= 0.3 is 11.8 Å². The Morgan fingerprint density at radius 2 is 1.41 bits per heavy atom.